The third-order valence-electron chi connectivity index (χ3n) is 7.68. The number of halogens is 1. The molecule has 2 aliphatic rings. The summed E-state index contributed by atoms with van der Waals surface area (Å²) in [5.74, 6) is -0.0150. The van der Waals surface area contributed by atoms with Crippen LogP contribution in [0.4, 0.5) is 0 Å². The number of alkyl halides is 1. The summed E-state index contributed by atoms with van der Waals surface area (Å²) in [5, 5.41) is 21.7. The lowest BCUT2D eigenvalue weighted by Crippen LogP contribution is -2.36. The van der Waals surface area contributed by atoms with Crippen molar-refractivity contribution in [2.24, 2.45) is 11.3 Å². The van der Waals surface area contributed by atoms with Crippen LogP contribution in [-0.2, 0) is 9.53 Å². The second kappa shape index (κ2) is 11.7. The number of aliphatic hydroxyl groups excluding tert-OH is 2. The summed E-state index contributed by atoms with van der Waals surface area (Å²) >= 11 is 6.63. The van der Waals surface area contributed by atoms with Crippen molar-refractivity contribution in [3.63, 3.8) is 0 Å². The molecular formula is C27H39ClO4. The van der Waals surface area contributed by atoms with Crippen molar-refractivity contribution < 1.29 is 19.7 Å². The van der Waals surface area contributed by atoms with Gasteiger partial charge in [-0.15, -0.1) is 11.6 Å². The fourth-order valence-corrected chi connectivity index (χ4v) is 6.15. The first-order chi connectivity index (χ1) is 15.4. The highest BCUT2D eigenvalue weighted by Gasteiger charge is 2.44. The molecule has 5 heteroatoms. The molecule has 0 radical (unpaired) electrons. The Hall–Kier alpha value is -1.36. The van der Waals surface area contributed by atoms with Gasteiger partial charge in [0.1, 0.15) is 0 Å². The summed E-state index contributed by atoms with van der Waals surface area (Å²) in [5.41, 5.74) is 2.13. The van der Waals surface area contributed by atoms with Gasteiger partial charge in [0.25, 0.3) is 0 Å². The molecule has 2 fully saturated rings. The predicted molar refractivity (Wildman–Crippen MR) is 129 cm³/mol. The molecule has 0 heterocycles. The SMILES string of the molecule is CCCC1(C(O)c2ccc([C@@H]3[C@@H](C/C=C\CCCC(=O)OC)[C@@H](Cl)C[C@H]3O)cc2)CCC1. The summed E-state index contributed by atoms with van der Waals surface area (Å²) in [6.07, 6.45) is 12.4. The molecule has 1 unspecified atom stereocenters. The quantitative estimate of drug-likeness (QED) is 0.182. The second-order valence-electron chi connectivity index (χ2n) is 9.72. The summed E-state index contributed by atoms with van der Waals surface area (Å²) in [7, 11) is 1.41. The van der Waals surface area contributed by atoms with Crippen LogP contribution in [-0.4, -0.2) is 34.8 Å². The summed E-state index contributed by atoms with van der Waals surface area (Å²) in [4.78, 5) is 11.2. The van der Waals surface area contributed by atoms with Gasteiger partial charge in [-0.1, -0.05) is 56.2 Å². The molecule has 0 aliphatic heterocycles. The Kier molecular flexibility index (Phi) is 9.22. The average molecular weight is 463 g/mol. The van der Waals surface area contributed by atoms with E-state index in [-0.39, 0.29) is 28.6 Å². The molecule has 5 atom stereocenters. The largest absolute Gasteiger partial charge is 0.469 e. The van der Waals surface area contributed by atoms with Gasteiger partial charge in [0.05, 0.1) is 19.3 Å². The maximum atomic E-state index is 11.2. The summed E-state index contributed by atoms with van der Waals surface area (Å²) in [6, 6.07) is 8.24. The maximum absolute atomic E-state index is 11.2. The minimum atomic E-state index is -0.455. The van der Waals surface area contributed by atoms with E-state index in [2.05, 4.69) is 35.9 Å². The Morgan fingerprint density at radius 3 is 2.59 bits per heavy atom. The van der Waals surface area contributed by atoms with E-state index in [4.69, 9.17) is 11.6 Å². The first-order valence-electron chi connectivity index (χ1n) is 12.2. The number of ether oxygens (including phenoxy) is 1. The lowest BCUT2D eigenvalue weighted by atomic mass is 9.61. The van der Waals surface area contributed by atoms with Crippen molar-refractivity contribution in [1.82, 2.24) is 0 Å². The molecule has 2 saturated carbocycles. The number of carbonyl (C=O) groups excluding carboxylic acids is 1. The number of allylic oxidation sites excluding steroid dienone is 2. The number of benzene rings is 1. The predicted octanol–water partition coefficient (Wildman–Crippen LogP) is 6.05. The van der Waals surface area contributed by atoms with E-state index in [0.29, 0.717) is 12.8 Å². The highest BCUT2D eigenvalue weighted by Crippen LogP contribution is 2.53. The van der Waals surface area contributed by atoms with Gasteiger partial charge >= 0.3 is 5.97 Å². The molecule has 0 saturated heterocycles. The standard InChI is InChI=1S/C27H39ClO4/c1-3-15-27(16-8-17-27)26(31)20-13-11-19(12-14-20)25-21(22(28)18-23(25)29)9-6-4-5-7-10-24(30)32-2/h4,6,11-14,21-23,25-26,29,31H,3,5,7-10,15-18H2,1-2H3/b6-4-/t21-,22-,23+,25+,26?/m0/s1. The minimum absolute atomic E-state index is 0.00304. The highest BCUT2D eigenvalue weighted by molar-refractivity contribution is 6.21. The molecule has 2 aliphatic carbocycles. The van der Waals surface area contributed by atoms with E-state index in [1.807, 2.05) is 12.1 Å². The number of methoxy groups -OCH3 is 1. The Morgan fingerprint density at radius 2 is 2.00 bits per heavy atom. The van der Waals surface area contributed by atoms with Crippen LogP contribution >= 0.6 is 11.6 Å². The molecule has 2 N–H and O–H groups in total. The minimum Gasteiger partial charge on any atom is -0.469 e. The van der Waals surface area contributed by atoms with Crippen LogP contribution in [0, 0.1) is 11.3 Å². The lowest BCUT2D eigenvalue weighted by Gasteiger charge is -2.46. The van der Waals surface area contributed by atoms with Gasteiger partial charge in [-0.3, -0.25) is 4.79 Å². The summed E-state index contributed by atoms with van der Waals surface area (Å²) < 4.78 is 4.67. The number of rotatable bonds is 11. The number of hydrogen-bond donors (Lipinski definition) is 2. The van der Waals surface area contributed by atoms with Gasteiger partial charge in [0.15, 0.2) is 0 Å². The van der Waals surface area contributed by atoms with Crippen LogP contribution in [0.2, 0.25) is 0 Å². The van der Waals surface area contributed by atoms with Crippen molar-refractivity contribution in [3.05, 3.63) is 47.5 Å². The van der Waals surface area contributed by atoms with Gasteiger partial charge in [-0.05, 0) is 62.0 Å². The van der Waals surface area contributed by atoms with E-state index < -0.39 is 12.2 Å². The van der Waals surface area contributed by atoms with Gasteiger partial charge < -0.3 is 14.9 Å². The van der Waals surface area contributed by atoms with E-state index in [0.717, 1.165) is 56.1 Å². The van der Waals surface area contributed by atoms with Crippen molar-refractivity contribution in [2.75, 3.05) is 7.11 Å². The molecule has 3 rings (SSSR count). The third kappa shape index (κ3) is 5.76. The monoisotopic (exact) mass is 462 g/mol. The zero-order valence-corrected chi connectivity index (χ0v) is 20.3. The van der Waals surface area contributed by atoms with Crippen LogP contribution in [0.25, 0.3) is 0 Å². The van der Waals surface area contributed by atoms with Crippen molar-refractivity contribution in [1.29, 1.82) is 0 Å². The van der Waals surface area contributed by atoms with Gasteiger partial charge in [-0.2, -0.15) is 0 Å². The topological polar surface area (TPSA) is 66.8 Å². The van der Waals surface area contributed by atoms with Crippen molar-refractivity contribution in [2.45, 2.75) is 94.6 Å². The number of carbonyl (C=O) groups is 1. The van der Waals surface area contributed by atoms with Crippen LogP contribution in [0.5, 0.6) is 0 Å². The zero-order chi connectivity index (χ0) is 23.1. The van der Waals surface area contributed by atoms with Gasteiger partial charge in [-0.25, -0.2) is 0 Å². The lowest BCUT2D eigenvalue weighted by molar-refractivity contribution is -0.140. The molecule has 0 spiro atoms. The van der Waals surface area contributed by atoms with Gasteiger partial charge in [0.2, 0.25) is 0 Å². The van der Waals surface area contributed by atoms with Crippen LogP contribution in [0.1, 0.15) is 94.3 Å². The smallest absolute Gasteiger partial charge is 0.305 e. The molecule has 32 heavy (non-hydrogen) atoms. The molecule has 0 amide bonds. The number of unbranched alkanes of at least 4 members (excludes halogenated alkanes) is 1. The van der Waals surface area contributed by atoms with Crippen molar-refractivity contribution in [3.8, 4) is 0 Å². The molecular weight excluding hydrogens is 424 g/mol. The number of hydrogen-bond acceptors (Lipinski definition) is 4. The average Bonchev–Trinajstić information content (AvgIpc) is 3.05. The fraction of sp³-hybridized carbons (Fsp3) is 0.667. The van der Waals surface area contributed by atoms with Crippen LogP contribution in [0.15, 0.2) is 36.4 Å². The molecule has 178 valence electrons. The van der Waals surface area contributed by atoms with Crippen LogP contribution in [0.3, 0.4) is 0 Å². The van der Waals surface area contributed by atoms with E-state index in [9.17, 15) is 15.0 Å². The maximum Gasteiger partial charge on any atom is 0.305 e. The summed E-state index contributed by atoms with van der Waals surface area (Å²) in [6.45, 7) is 2.19. The third-order valence-corrected chi connectivity index (χ3v) is 8.18. The Balaban J connectivity index is 1.62. The van der Waals surface area contributed by atoms with E-state index in [1.54, 1.807) is 0 Å². The first kappa shape index (κ1) is 25.3. The number of aliphatic hydroxyl groups is 2. The fourth-order valence-electron chi connectivity index (χ4n) is 5.71. The van der Waals surface area contributed by atoms with E-state index >= 15 is 0 Å². The Bertz CT molecular complexity index is 755. The normalized spacial score (nSPS) is 27.9. The molecule has 0 bridgehead atoms. The first-order valence-corrected chi connectivity index (χ1v) is 12.7. The Labute approximate surface area is 198 Å². The van der Waals surface area contributed by atoms with Gasteiger partial charge in [0, 0.05) is 23.1 Å². The van der Waals surface area contributed by atoms with Crippen LogP contribution < -0.4 is 0 Å². The molecule has 4 nitrogen and oxygen atoms in total. The molecule has 1 aromatic carbocycles. The number of esters is 1. The van der Waals surface area contributed by atoms with Crippen molar-refractivity contribution >= 4 is 17.6 Å². The Morgan fingerprint density at radius 1 is 1.28 bits per heavy atom. The highest BCUT2D eigenvalue weighted by atomic mass is 35.5. The van der Waals surface area contributed by atoms with E-state index in [1.165, 1.54) is 13.5 Å². The molecule has 1 aromatic rings. The molecule has 0 aromatic heterocycles. The second-order valence-corrected chi connectivity index (χ2v) is 10.3. The zero-order valence-electron chi connectivity index (χ0n) is 19.5.